The summed E-state index contributed by atoms with van der Waals surface area (Å²) in [5.74, 6) is -0.301. The molecule has 1 aliphatic heterocycles. The van der Waals surface area contributed by atoms with Gasteiger partial charge < -0.3 is 10.6 Å². The molecule has 3 N–H and O–H groups in total. The van der Waals surface area contributed by atoms with Crippen LogP contribution in [0.25, 0.3) is 0 Å². The molecule has 1 aliphatic rings. The van der Waals surface area contributed by atoms with E-state index in [9.17, 15) is 9.59 Å². The van der Waals surface area contributed by atoms with E-state index in [4.69, 9.17) is 0 Å². The molecule has 122 valence electrons. The third-order valence-corrected chi connectivity index (χ3v) is 3.77. The first-order valence-electron chi connectivity index (χ1n) is 7.81. The van der Waals surface area contributed by atoms with Crippen molar-refractivity contribution in [2.75, 3.05) is 17.2 Å². The van der Waals surface area contributed by atoms with Gasteiger partial charge in [0.15, 0.2) is 0 Å². The van der Waals surface area contributed by atoms with E-state index in [1.165, 1.54) is 0 Å². The van der Waals surface area contributed by atoms with Crippen LogP contribution in [0.5, 0.6) is 0 Å². The molecule has 0 spiro atoms. The van der Waals surface area contributed by atoms with Crippen molar-refractivity contribution in [2.24, 2.45) is 0 Å². The molecule has 1 atom stereocenters. The molecule has 2 aromatic rings. The largest absolute Gasteiger partial charge is 0.324 e. The summed E-state index contributed by atoms with van der Waals surface area (Å²) >= 11 is 0. The van der Waals surface area contributed by atoms with Crippen molar-refractivity contribution in [3.8, 4) is 0 Å². The highest BCUT2D eigenvalue weighted by molar-refractivity contribution is 6.05. The first-order valence-corrected chi connectivity index (χ1v) is 7.81. The second-order valence-electron chi connectivity index (χ2n) is 5.70. The van der Waals surface area contributed by atoms with Crippen molar-refractivity contribution in [3.05, 3.63) is 71.8 Å². The molecule has 0 aliphatic carbocycles. The second-order valence-corrected chi connectivity index (χ2v) is 5.70. The molecule has 2 aromatic carbocycles. The number of benzene rings is 2. The van der Waals surface area contributed by atoms with Crippen LogP contribution in [0.3, 0.4) is 0 Å². The third-order valence-electron chi connectivity index (χ3n) is 3.77. The number of carbonyl (C=O) groups excluding carboxylic acids is 2. The van der Waals surface area contributed by atoms with Crippen molar-refractivity contribution >= 4 is 23.2 Å². The molecule has 3 rings (SSSR count). The number of hydrogen-bond donors (Lipinski definition) is 3. The quantitative estimate of drug-likeness (QED) is 0.758. The molecule has 1 unspecified atom stereocenters. The van der Waals surface area contributed by atoms with Crippen LogP contribution in [0, 0.1) is 6.92 Å². The fraction of sp³-hybridized carbons (Fsp3) is 0.158. The van der Waals surface area contributed by atoms with E-state index in [2.05, 4.69) is 16.0 Å². The smallest absolute Gasteiger partial charge is 0.255 e. The molecule has 0 saturated heterocycles. The van der Waals surface area contributed by atoms with E-state index in [1.807, 2.05) is 31.2 Å². The van der Waals surface area contributed by atoms with E-state index in [-0.39, 0.29) is 17.9 Å². The first-order chi connectivity index (χ1) is 11.6. The summed E-state index contributed by atoms with van der Waals surface area (Å²) in [6.45, 7) is 2.67. The fourth-order valence-corrected chi connectivity index (χ4v) is 2.45. The predicted molar refractivity (Wildman–Crippen MR) is 95.1 cm³/mol. The predicted octanol–water partition coefficient (Wildman–Crippen LogP) is 2.71. The van der Waals surface area contributed by atoms with Gasteiger partial charge in [0.05, 0.1) is 0 Å². The van der Waals surface area contributed by atoms with Gasteiger partial charge in [-0.1, -0.05) is 35.9 Å². The van der Waals surface area contributed by atoms with Gasteiger partial charge in [0, 0.05) is 23.5 Å². The summed E-state index contributed by atoms with van der Waals surface area (Å²) in [4.78, 5) is 24.3. The lowest BCUT2D eigenvalue weighted by Gasteiger charge is -2.12. The molecule has 2 amide bonds. The summed E-state index contributed by atoms with van der Waals surface area (Å²) in [6, 6.07) is 14.2. The van der Waals surface area contributed by atoms with Gasteiger partial charge in [0.1, 0.15) is 6.04 Å². The zero-order valence-corrected chi connectivity index (χ0v) is 13.4. The Balaban J connectivity index is 1.66. The van der Waals surface area contributed by atoms with Crippen LogP contribution in [-0.2, 0) is 4.79 Å². The van der Waals surface area contributed by atoms with Gasteiger partial charge in [-0.05, 0) is 37.3 Å². The van der Waals surface area contributed by atoms with E-state index in [0.717, 1.165) is 5.56 Å². The van der Waals surface area contributed by atoms with Gasteiger partial charge in [-0.25, -0.2) is 0 Å². The van der Waals surface area contributed by atoms with E-state index in [0.29, 0.717) is 23.5 Å². The molecule has 0 radical (unpaired) electrons. The molecular formula is C19H19N3O2. The third kappa shape index (κ3) is 3.88. The van der Waals surface area contributed by atoms with Gasteiger partial charge in [0.2, 0.25) is 5.91 Å². The zero-order chi connectivity index (χ0) is 16.9. The van der Waals surface area contributed by atoms with Gasteiger partial charge in [-0.15, -0.1) is 0 Å². The van der Waals surface area contributed by atoms with E-state index < -0.39 is 0 Å². The Kier molecular flexibility index (Phi) is 4.72. The van der Waals surface area contributed by atoms with Crippen molar-refractivity contribution in [1.82, 2.24) is 5.32 Å². The number of anilines is 2. The van der Waals surface area contributed by atoms with Crippen LogP contribution in [0.1, 0.15) is 15.9 Å². The van der Waals surface area contributed by atoms with Crippen LogP contribution in [0.4, 0.5) is 11.4 Å². The minimum absolute atomic E-state index is 0.120. The van der Waals surface area contributed by atoms with Crippen LogP contribution in [0.2, 0.25) is 0 Å². The standard InChI is InChI=1S/C19H19N3O2/c1-13-7-9-14(10-8-13)18(23)21-15-4-2-5-16(12-15)22-19(24)17-6-3-11-20-17/h2-10,12,17,20H,11H2,1H3,(H,21,23)(H,22,24). The number of rotatable bonds is 4. The lowest BCUT2D eigenvalue weighted by atomic mass is 10.1. The number of hydrogen-bond acceptors (Lipinski definition) is 3. The maximum absolute atomic E-state index is 12.3. The molecule has 0 aromatic heterocycles. The maximum atomic E-state index is 12.3. The van der Waals surface area contributed by atoms with Crippen molar-refractivity contribution in [2.45, 2.75) is 13.0 Å². The Morgan fingerprint density at radius 1 is 1.04 bits per heavy atom. The lowest BCUT2D eigenvalue weighted by Crippen LogP contribution is -2.35. The van der Waals surface area contributed by atoms with Gasteiger partial charge >= 0.3 is 0 Å². The minimum atomic E-state index is -0.309. The monoisotopic (exact) mass is 321 g/mol. The maximum Gasteiger partial charge on any atom is 0.255 e. The molecule has 0 fully saturated rings. The summed E-state index contributed by atoms with van der Waals surface area (Å²) in [5, 5.41) is 8.74. The topological polar surface area (TPSA) is 70.2 Å². The highest BCUT2D eigenvalue weighted by atomic mass is 16.2. The molecule has 1 heterocycles. The summed E-state index contributed by atoms with van der Waals surface area (Å²) in [6.07, 6.45) is 3.75. The molecular weight excluding hydrogens is 302 g/mol. The summed E-state index contributed by atoms with van der Waals surface area (Å²) in [7, 11) is 0. The van der Waals surface area contributed by atoms with Crippen molar-refractivity contribution < 1.29 is 9.59 Å². The number of amides is 2. The van der Waals surface area contributed by atoms with Gasteiger partial charge in [-0.3, -0.25) is 14.9 Å². The van der Waals surface area contributed by atoms with Crippen molar-refractivity contribution in [3.63, 3.8) is 0 Å². The summed E-state index contributed by atoms with van der Waals surface area (Å²) in [5.41, 5.74) is 2.97. The Morgan fingerprint density at radius 2 is 1.75 bits per heavy atom. The average molecular weight is 321 g/mol. The first kappa shape index (κ1) is 16.0. The van der Waals surface area contributed by atoms with Gasteiger partial charge in [0.25, 0.3) is 5.91 Å². The Morgan fingerprint density at radius 3 is 2.42 bits per heavy atom. The SMILES string of the molecule is Cc1ccc(C(=O)Nc2cccc(NC(=O)C3C=CCN3)c2)cc1. The number of aryl methyl sites for hydroxylation is 1. The van der Waals surface area contributed by atoms with Crippen LogP contribution >= 0.6 is 0 Å². The zero-order valence-electron chi connectivity index (χ0n) is 13.4. The fourth-order valence-electron chi connectivity index (χ4n) is 2.45. The number of nitrogens with one attached hydrogen (secondary N) is 3. The molecule has 24 heavy (non-hydrogen) atoms. The minimum Gasteiger partial charge on any atom is -0.324 e. The molecule has 5 heteroatoms. The van der Waals surface area contributed by atoms with Crippen LogP contribution in [0.15, 0.2) is 60.7 Å². The highest BCUT2D eigenvalue weighted by Crippen LogP contribution is 2.17. The Hall–Kier alpha value is -2.92. The van der Waals surface area contributed by atoms with E-state index in [1.54, 1.807) is 36.4 Å². The lowest BCUT2D eigenvalue weighted by molar-refractivity contribution is -0.116. The van der Waals surface area contributed by atoms with E-state index >= 15 is 0 Å². The average Bonchev–Trinajstić information content (AvgIpc) is 3.10. The normalized spacial score (nSPS) is 16.0. The molecule has 0 bridgehead atoms. The molecule has 5 nitrogen and oxygen atoms in total. The van der Waals surface area contributed by atoms with Gasteiger partial charge in [-0.2, -0.15) is 0 Å². The summed E-state index contributed by atoms with van der Waals surface area (Å²) < 4.78 is 0. The van der Waals surface area contributed by atoms with Crippen molar-refractivity contribution in [1.29, 1.82) is 0 Å². The van der Waals surface area contributed by atoms with Crippen LogP contribution < -0.4 is 16.0 Å². The Bertz CT molecular complexity index is 781. The second kappa shape index (κ2) is 7.10. The highest BCUT2D eigenvalue weighted by Gasteiger charge is 2.17. The van der Waals surface area contributed by atoms with Crippen LogP contribution in [-0.4, -0.2) is 24.4 Å². The number of carbonyl (C=O) groups is 2. The Labute approximate surface area is 140 Å². The molecule has 0 saturated carbocycles.